The average molecular weight is 605 g/mol. The summed E-state index contributed by atoms with van der Waals surface area (Å²) in [5.41, 5.74) is 2.23. The van der Waals surface area contributed by atoms with Crippen LogP contribution in [0.15, 0.2) is 53.9 Å². The molecular weight excluding hydrogens is 562 g/mol. The number of aliphatic hydroxyl groups excluding tert-OH is 2. The highest BCUT2D eigenvalue weighted by Crippen LogP contribution is 2.14. The van der Waals surface area contributed by atoms with Crippen molar-refractivity contribution in [1.29, 1.82) is 0 Å². The number of nitrogens with one attached hydrogen (secondary N) is 1. The maximum absolute atomic E-state index is 12.9. The molecule has 0 saturated carbocycles. The standard InChI is InChI=1S/C25H36N2O5S.C7H6F2/c1-4-9-27(10-5-2)25(31)20-14-18(3)13-19(15-20)24(30)26-16-22(28)23(29)17-32-11-8-21-7-6-12-33-21;1-5-2-6(8)4-7(9)3-5/h6-7,12-15,22-23,28-29H,4-5,8-11,16-17H2,1-3H3,(H,26,30);2-4H,1H3. The van der Waals surface area contributed by atoms with Crippen LogP contribution in [-0.4, -0.2) is 72.0 Å². The quantitative estimate of drug-likeness (QED) is 0.217. The molecule has 3 rings (SSSR count). The van der Waals surface area contributed by atoms with Crippen LogP contribution in [0.1, 0.15) is 63.4 Å². The SMILES string of the molecule is CCCN(CCC)C(=O)c1cc(C)cc(C(=O)NCC(O)C(O)COCCc2cccs2)c1.Cc1cc(F)cc(F)c1. The molecule has 0 radical (unpaired) electrons. The molecule has 2 atom stereocenters. The van der Waals surface area contributed by atoms with Gasteiger partial charge in [0.15, 0.2) is 0 Å². The third-order valence-electron chi connectivity index (χ3n) is 6.15. The Balaban J connectivity index is 0.000000581. The third kappa shape index (κ3) is 12.4. The third-order valence-corrected chi connectivity index (χ3v) is 7.08. The van der Waals surface area contributed by atoms with E-state index in [4.69, 9.17) is 4.74 Å². The van der Waals surface area contributed by atoms with E-state index in [1.54, 1.807) is 41.4 Å². The normalized spacial score (nSPS) is 12.2. The van der Waals surface area contributed by atoms with Gasteiger partial charge in [0, 0.05) is 48.1 Å². The molecule has 7 nitrogen and oxygen atoms in total. The van der Waals surface area contributed by atoms with E-state index >= 15 is 0 Å². The zero-order chi connectivity index (χ0) is 31.1. The van der Waals surface area contributed by atoms with Crippen molar-refractivity contribution in [1.82, 2.24) is 10.2 Å². The Morgan fingerprint density at radius 3 is 2.12 bits per heavy atom. The van der Waals surface area contributed by atoms with Gasteiger partial charge >= 0.3 is 0 Å². The Labute approximate surface area is 251 Å². The van der Waals surface area contributed by atoms with E-state index < -0.39 is 29.7 Å². The molecule has 0 aliphatic rings. The van der Waals surface area contributed by atoms with Crippen molar-refractivity contribution in [3.05, 3.63) is 92.7 Å². The highest BCUT2D eigenvalue weighted by Gasteiger charge is 2.20. The fraction of sp³-hybridized carbons (Fsp3) is 0.438. The number of ether oxygens (including phenoxy) is 1. The molecule has 0 saturated heterocycles. The number of rotatable bonds is 14. The van der Waals surface area contributed by atoms with Crippen LogP contribution in [0.5, 0.6) is 0 Å². The number of amides is 2. The summed E-state index contributed by atoms with van der Waals surface area (Å²) in [6.07, 6.45) is 0.205. The zero-order valence-electron chi connectivity index (χ0n) is 24.7. The van der Waals surface area contributed by atoms with Crippen LogP contribution in [0.4, 0.5) is 8.78 Å². The second-order valence-electron chi connectivity index (χ2n) is 10.1. The number of carbonyl (C=O) groups excluding carboxylic acids is 2. The second kappa shape index (κ2) is 18.4. The topological polar surface area (TPSA) is 99.1 Å². The van der Waals surface area contributed by atoms with Crippen molar-refractivity contribution < 1.29 is 33.3 Å². The first-order chi connectivity index (χ1) is 20.0. The molecule has 3 N–H and O–H groups in total. The van der Waals surface area contributed by atoms with Gasteiger partial charge in [0.1, 0.15) is 17.7 Å². The van der Waals surface area contributed by atoms with Gasteiger partial charge in [-0.05, 0) is 79.6 Å². The molecule has 42 heavy (non-hydrogen) atoms. The number of halogens is 2. The summed E-state index contributed by atoms with van der Waals surface area (Å²) in [5.74, 6) is -1.54. The molecule has 2 unspecified atom stereocenters. The van der Waals surface area contributed by atoms with E-state index in [0.29, 0.717) is 36.4 Å². The zero-order valence-corrected chi connectivity index (χ0v) is 25.6. The number of benzene rings is 2. The maximum Gasteiger partial charge on any atom is 0.253 e. The summed E-state index contributed by atoms with van der Waals surface area (Å²) in [6, 6.07) is 12.5. The van der Waals surface area contributed by atoms with E-state index in [9.17, 15) is 28.6 Å². The lowest BCUT2D eigenvalue weighted by molar-refractivity contribution is -0.0355. The van der Waals surface area contributed by atoms with Crippen LogP contribution in [-0.2, 0) is 11.2 Å². The van der Waals surface area contributed by atoms with Gasteiger partial charge in [-0.25, -0.2) is 8.78 Å². The molecule has 0 aliphatic heterocycles. The number of nitrogens with zero attached hydrogens (tertiary/aromatic N) is 1. The minimum atomic E-state index is -1.16. The number of aryl methyl sites for hydroxylation is 2. The summed E-state index contributed by atoms with van der Waals surface area (Å²) in [4.78, 5) is 28.6. The number of carbonyl (C=O) groups is 2. The molecule has 0 spiro atoms. The smallest absolute Gasteiger partial charge is 0.253 e. The molecule has 1 aromatic heterocycles. The molecule has 0 aliphatic carbocycles. The lowest BCUT2D eigenvalue weighted by Gasteiger charge is -2.22. The summed E-state index contributed by atoms with van der Waals surface area (Å²) in [6.45, 7) is 9.18. The van der Waals surface area contributed by atoms with Crippen molar-refractivity contribution in [2.24, 2.45) is 0 Å². The second-order valence-corrected chi connectivity index (χ2v) is 11.1. The van der Waals surface area contributed by atoms with Gasteiger partial charge in [-0.15, -0.1) is 11.3 Å². The summed E-state index contributed by atoms with van der Waals surface area (Å²) >= 11 is 1.64. The summed E-state index contributed by atoms with van der Waals surface area (Å²) in [7, 11) is 0. The first-order valence-corrected chi connectivity index (χ1v) is 15.0. The fourth-order valence-electron chi connectivity index (χ4n) is 4.14. The molecule has 2 amide bonds. The van der Waals surface area contributed by atoms with Crippen LogP contribution in [0.2, 0.25) is 0 Å². The molecule has 2 aromatic carbocycles. The maximum atomic E-state index is 12.9. The Bertz CT molecular complexity index is 1200. The van der Waals surface area contributed by atoms with Crippen molar-refractivity contribution in [2.75, 3.05) is 32.8 Å². The van der Waals surface area contributed by atoms with Gasteiger partial charge < -0.3 is 25.2 Å². The van der Waals surface area contributed by atoms with Crippen LogP contribution >= 0.6 is 11.3 Å². The van der Waals surface area contributed by atoms with Gasteiger partial charge in [0.25, 0.3) is 11.8 Å². The lowest BCUT2D eigenvalue weighted by atomic mass is 10.0. The van der Waals surface area contributed by atoms with E-state index in [-0.39, 0.29) is 19.1 Å². The van der Waals surface area contributed by atoms with E-state index in [2.05, 4.69) is 5.32 Å². The Morgan fingerprint density at radius 1 is 0.929 bits per heavy atom. The molecule has 1 heterocycles. The number of hydrogen-bond donors (Lipinski definition) is 3. The molecule has 0 bridgehead atoms. The van der Waals surface area contributed by atoms with Crippen molar-refractivity contribution in [2.45, 2.75) is 59.2 Å². The largest absolute Gasteiger partial charge is 0.388 e. The molecule has 230 valence electrons. The monoisotopic (exact) mass is 604 g/mol. The molecular formula is C32H42F2N2O5S. The number of thiophene rings is 1. The van der Waals surface area contributed by atoms with Gasteiger partial charge in [-0.3, -0.25) is 9.59 Å². The van der Waals surface area contributed by atoms with Gasteiger partial charge in [0.2, 0.25) is 0 Å². The Morgan fingerprint density at radius 2 is 1.55 bits per heavy atom. The van der Waals surface area contributed by atoms with Crippen LogP contribution < -0.4 is 5.32 Å². The van der Waals surface area contributed by atoms with Crippen molar-refractivity contribution in [3.63, 3.8) is 0 Å². The average Bonchev–Trinajstić information content (AvgIpc) is 3.46. The predicted molar refractivity (Wildman–Crippen MR) is 162 cm³/mol. The van der Waals surface area contributed by atoms with Crippen LogP contribution in [0, 0.1) is 25.5 Å². The van der Waals surface area contributed by atoms with Crippen molar-refractivity contribution in [3.8, 4) is 0 Å². The van der Waals surface area contributed by atoms with Crippen molar-refractivity contribution >= 4 is 23.2 Å². The minimum Gasteiger partial charge on any atom is -0.388 e. The number of aliphatic hydroxyl groups is 2. The van der Waals surface area contributed by atoms with Gasteiger partial charge in [-0.1, -0.05) is 19.9 Å². The highest BCUT2D eigenvalue weighted by molar-refractivity contribution is 7.09. The Kier molecular flexibility index (Phi) is 15.3. The van der Waals surface area contributed by atoms with E-state index in [1.165, 1.54) is 17.0 Å². The first kappa shape index (κ1) is 35.0. The van der Waals surface area contributed by atoms with E-state index in [0.717, 1.165) is 30.9 Å². The van der Waals surface area contributed by atoms with E-state index in [1.807, 2.05) is 38.3 Å². The van der Waals surface area contributed by atoms with Gasteiger partial charge in [-0.2, -0.15) is 0 Å². The first-order valence-electron chi connectivity index (χ1n) is 14.1. The minimum absolute atomic E-state index is 0.0177. The summed E-state index contributed by atoms with van der Waals surface area (Å²) < 4.78 is 29.8. The molecule has 10 heteroatoms. The lowest BCUT2D eigenvalue weighted by Crippen LogP contribution is -2.41. The van der Waals surface area contributed by atoms with Crippen LogP contribution in [0.25, 0.3) is 0 Å². The fourth-order valence-corrected chi connectivity index (χ4v) is 4.84. The summed E-state index contributed by atoms with van der Waals surface area (Å²) in [5, 5.41) is 24.9. The highest BCUT2D eigenvalue weighted by atomic mass is 32.1. The van der Waals surface area contributed by atoms with Crippen LogP contribution in [0.3, 0.4) is 0 Å². The van der Waals surface area contributed by atoms with Gasteiger partial charge in [0.05, 0.1) is 19.3 Å². The number of hydrogen-bond acceptors (Lipinski definition) is 6. The predicted octanol–water partition coefficient (Wildman–Crippen LogP) is 5.30. The molecule has 3 aromatic rings. The Hall–Kier alpha value is -3.18. The molecule has 0 fully saturated rings.